The van der Waals surface area contributed by atoms with Crippen LogP contribution in [-0.2, 0) is 4.79 Å². The van der Waals surface area contributed by atoms with Crippen LogP contribution in [-0.4, -0.2) is 35.7 Å². The van der Waals surface area contributed by atoms with Crippen molar-refractivity contribution in [2.75, 3.05) is 13.2 Å². The first kappa shape index (κ1) is 15.2. The number of carboxylic acids is 1. The van der Waals surface area contributed by atoms with E-state index in [1.165, 1.54) is 0 Å². The summed E-state index contributed by atoms with van der Waals surface area (Å²) in [5.74, 6) is -0.119. The van der Waals surface area contributed by atoms with Gasteiger partial charge in [0.25, 0.3) is 5.91 Å². The van der Waals surface area contributed by atoms with Crippen LogP contribution in [0.1, 0.15) is 37.0 Å². The molecule has 1 aliphatic heterocycles. The molecule has 1 aliphatic rings. The second-order valence-electron chi connectivity index (χ2n) is 5.30. The smallest absolute Gasteiger partial charge is 0.305 e. The SMILES string of the molecule is CC[C@@](C)(CC(=O)O)NC(=O)c1ccc2c(c1)OCCO2. The highest BCUT2D eigenvalue weighted by Gasteiger charge is 2.28. The molecule has 0 fully saturated rings. The summed E-state index contributed by atoms with van der Waals surface area (Å²) in [5, 5.41) is 11.7. The number of fused-ring (bicyclic) bond motifs is 1. The third-order valence-electron chi connectivity index (χ3n) is 3.54. The van der Waals surface area contributed by atoms with Crippen molar-refractivity contribution < 1.29 is 24.2 Å². The minimum absolute atomic E-state index is 0.125. The zero-order valence-corrected chi connectivity index (χ0v) is 12.1. The molecular weight excluding hydrogens is 274 g/mol. The number of carbonyl (C=O) groups excluding carboxylic acids is 1. The third-order valence-corrected chi connectivity index (χ3v) is 3.54. The number of amides is 1. The lowest BCUT2D eigenvalue weighted by atomic mass is 9.94. The molecule has 0 bridgehead atoms. The molecule has 1 atom stereocenters. The number of hydrogen-bond acceptors (Lipinski definition) is 4. The number of aliphatic carboxylic acids is 1. The van der Waals surface area contributed by atoms with E-state index in [-0.39, 0.29) is 12.3 Å². The van der Waals surface area contributed by atoms with Crippen LogP contribution in [0.5, 0.6) is 11.5 Å². The van der Waals surface area contributed by atoms with Crippen molar-refractivity contribution in [3.63, 3.8) is 0 Å². The highest BCUT2D eigenvalue weighted by molar-refractivity contribution is 5.95. The van der Waals surface area contributed by atoms with Crippen molar-refractivity contribution in [2.45, 2.75) is 32.2 Å². The number of benzene rings is 1. The fraction of sp³-hybridized carbons (Fsp3) is 0.467. The zero-order valence-electron chi connectivity index (χ0n) is 12.1. The summed E-state index contributed by atoms with van der Waals surface area (Å²) >= 11 is 0. The molecule has 0 radical (unpaired) electrons. The first-order valence-electron chi connectivity index (χ1n) is 6.87. The fourth-order valence-electron chi connectivity index (χ4n) is 2.12. The third kappa shape index (κ3) is 3.65. The Balaban J connectivity index is 2.14. The predicted octanol–water partition coefficient (Wildman–Crippen LogP) is 1.83. The Morgan fingerprint density at radius 3 is 2.57 bits per heavy atom. The monoisotopic (exact) mass is 293 g/mol. The molecule has 0 saturated heterocycles. The normalized spacial score (nSPS) is 15.9. The summed E-state index contributed by atoms with van der Waals surface area (Å²) in [4.78, 5) is 23.2. The van der Waals surface area contributed by atoms with E-state index in [9.17, 15) is 9.59 Å². The number of nitrogens with one attached hydrogen (secondary N) is 1. The Morgan fingerprint density at radius 2 is 1.95 bits per heavy atom. The number of hydrogen-bond donors (Lipinski definition) is 2. The summed E-state index contributed by atoms with van der Waals surface area (Å²) in [7, 11) is 0. The molecule has 0 spiro atoms. The van der Waals surface area contributed by atoms with Gasteiger partial charge in [-0.1, -0.05) is 6.92 Å². The molecule has 1 amide bonds. The number of carbonyl (C=O) groups is 2. The zero-order chi connectivity index (χ0) is 15.5. The van der Waals surface area contributed by atoms with Crippen LogP contribution in [0.3, 0.4) is 0 Å². The first-order chi connectivity index (χ1) is 9.93. The maximum Gasteiger partial charge on any atom is 0.305 e. The Morgan fingerprint density at radius 1 is 1.29 bits per heavy atom. The van der Waals surface area contributed by atoms with E-state index in [0.29, 0.717) is 36.7 Å². The summed E-state index contributed by atoms with van der Waals surface area (Å²) in [6, 6.07) is 4.93. The highest BCUT2D eigenvalue weighted by atomic mass is 16.6. The Hall–Kier alpha value is -2.24. The summed E-state index contributed by atoms with van der Waals surface area (Å²) in [6.45, 7) is 4.50. The number of rotatable bonds is 5. The molecule has 6 nitrogen and oxygen atoms in total. The molecule has 0 saturated carbocycles. The maximum absolute atomic E-state index is 12.3. The van der Waals surface area contributed by atoms with Gasteiger partial charge in [0.1, 0.15) is 13.2 Å². The Kier molecular flexibility index (Phi) is 4.35. The van der Waals surface area contributed by atoms with Crippen LogP contribution in [0.15, 0.2) is 18.2 Å². The molecular formula is C15H19NO5. The van der Waals surface area contributed by atoms with E-state index in [0.717, 1.165) is 0 Å². The van der Waals surface area contributed by atoms with Crippen molar-refractivity contribution in [3.8, 4) is 11.5 Å². The lowest BCUT2D eigenvalue weighted by Crippen LogP contribution is -2.47. The molecule has 0 aliphatic carbocycles. The summed E-state index contributed by atoms with van der Waals surface area (Å²) in [6.07, 6.45) is 0.398. The van der Waals surface area contributed by atoms with Crippen LogP contribution in [0, 0.1) is 0 Å². The van der Waals surface area contributed by atoms with E-state index in [4.69, 9.17) is 14.6 Å². The van der Waals surface area contributed by atoms with E-state index in [2.05, 4.69) is 5.32 Å². The average molecular weight is 293 g/mol. The molecule has 6 heteroatoms. The maximum atomic E-state index is 12.3. The standard InChI is InChI=1S/C15H19NO5/c1-3-15(2,9-13(17)18)16-14(19)10-4-5-11-12(8-10)21-7-6-20-11/h4-5,8H,3,6-7,9H2,1-2H3,(H,16,19)(H,17,18)/t15-/m0/s1. The van der Waals surface area contributed by atoms with Gasteiger partial charge in [0, 0.05) is 11.1 Å². The summed E-state index contributed by atoms with van der Waals surface area (Å²) < 4.78 is 10.8. The highest BCUT2D eigenvalue weighted by Crippen LogP contribution is 2.31. The van der Waals surface area contributed by atoms with E-state index >= 15 is 0 Å². The molecule has 21 heavy (non-hydrogen) atoms. The van der Waals surface area contributed by atoms with Gasteiger partial charge in [0.2, 0.25) is 0 Å². The molecule has 1 aromatic carbocycles. The van der Waals surface area contributed by atoms with Gasteiger partial charge in [-0.2, -0.15) is 0 Å². The molecule has 0 unspecified atom stereocenters. The molecule has 1 aromatic rings. The van der Waals surface area contributed by atoms with Gasteiger partial charge in [-0.25, -0.2) is 0 Å². The van der Waals surface area contributed by atoms with E-state index < -0.39 is 11.5 Å². The fourth-order valence-corrected chi connectivity index (χ4v) is 2.12. The van der Waals surface area contributed by atoms with Crippen molar-refractivity contribution in [2.24, 2.45) is 0 Å². The van der Waals surface area contributed by atoms with Crippen molar-refractivity contribution in [1.29, 1.82) is 0 Å². The predicted molar refractivity (Wildman–Crippen MR) is 75.8 cm³/mol. The van der Waals surface area contributed by atoms with Gasteiger partial charge < -0.3 is 19.9 Å². The minimum atomic E-state index is -0.943. The van der Waals surface area contributed by atoms with Gasteiger partial charge in [-0.3, -0.25) is 9.59 Å². The number of ether oxygens (including phenoxy) is 2. The van der Waals surface area contributed by atoms with Crippen LogP contribution in [0.4, 0.5) is 0 Å². The molecule has 1 heterocycles. The van der Waals surface area contributed by atoms with Crippen LogP contribution < -0.4 is 14.8 Å². The first-order valence-corrected chi connectivity index (χ1v) is 6.87. The van der Waals surface area contributed by atoms with Crippen molar-refractivity contribution in [3.05, 3.63) is 23.8 Å². The van der Waals surface area contributed by atoms with Crippen LogP contribution in [0.2, 0.25) is 0 Å². The Labute approximate surface area is 123 Å². The number of carboxylic acid groups (broad SMARTS) is 1. The largest absolute Gasteiger partial charge is 0.486 e. The molecule has 114 valence electrons. The lowest BCUT2D eigenvalue weighted by molar-refractivity contribution is -0.138. The van der Waals surface area contributed by atoms with E-state index in [1.54, 1.807) is 25.1 Å². The quantitative estimate of drug-likeness (QED) is 0.865. The minimum Gasteiger partial charge on any atom is -0.486 e. The molecule has 2 N–H and O–H groups in total. The second kappa shape index (κ2) is 6.03. The summed E-state index contributed by atoms with van der Waals surface area (Å²) in [5.41, 5.74) is -0.361. The Bertz CT molecular complexity index is 557. The van der Waals surface area contributed by atoms with Gasteiger partial charge in [0.15, 0.2) is 11.5 Å². The van der Waals surface area contributed by atoms with Crippen molar-refractivity contribution >= 4 is 11.9 Å². The van der Waals surface area contributed by atoms with Gasteiger partial charge in [-0.05, 0) is 31.5 Å². The molecule has 0 aromatic heterocycles. The van der Waals surface area contributed by atoms with Crippen molar-refractivity contribution in [1.82, 2.24) is 5.32 Å². The second-order valence-corrected chi connectivity index (χ2v) is 5.30. The van der Waals surface area contributed by atoms with Crippen LogP contribution in [0.25, 0.3) is 0 Å². The molecule has 2 rings (SSSR count). The van der Waals surface area contributed by atoms with Gasteiger partial charge >= 0.3 is 5.97 Å². The van der Waals surface area contributed by atoms with Crippen LogP contribution >= 0.6 is 0 Å². The van der Waals surface area contributed by atoms with Gasteiger partial charge in [0.05, 0.1) is 6.42 Å². The van der Waals surface area contributed by atoms with E-state index in [1.807, 2.05) is 6.92 Å². The van der Waals surface area contributed by atoms with Gasteiger partial charge in [-0.15, -0.1) is 0 Å². The average Bonchev–Trinajstić information content (AvgIpc) is 2.45. The topological polar surface area (TPSA) is 84.9 Å². The lowest BCUT2D eigenvalue weighted by Gasteiger charge is -2.28.